The van der Waals surface area contributed by atoms with Gasteiger partial charge in [0.25, 0.3) is 5.91 Å². The van der Waals surface area contributed by atoms with Gasteiger partial charge in [0.2, 0.25) is 0 Å². The molecule has 1 heterocycles. The lowest BCUT2D eigenvalue weighted by atomic mass is 10.0. The quantitative estimate of drug-likeness (QED) is 0.142. The third-order valence-electron chi connectivity index (χ3n) is 5.22. The molecule has 36 heavy (non-hydrogen) atoms. The summed E-state index contributed by atoms with van der Waals surface area (Å²) in [6, 6.07) is 16.3. The second-order valence-corrected chi connectivity index (χ2v) is 8.58. The molecule has 2 aromatic carbocycles. The van der Waals surface area contributed by atoms with E-state index in [1.165, 1.54) is 17.4 Å². The van der Waals surface area contributed by atoms with Crippen LogP contribution in [0.25, 0.3) is 17.2 Å². The van der Waals surface area contributed by atoms with Crippen molar-refractivity contribution in [2.24, 2.45) is 0 Å². The second-order valence-electron chi connectivity index (χ2n) is 7.70. The highest BCUT2D eigenvalue weighted by Crippen LogP contribution is 2.37. The molecule has 0 aliphatic carbocycles. The fourth-order valence-corrected chi connectivity index (χ4v) is 4.27. The van der Waals surface area contributed by atoms with Crippen LogP contribution >= 0.6 is 11.3 Å². The topological polar surface area (TPSA) is 97.6 Å². The Bertz CT molecular complexity index is 1250. The maximum absolute atomic E-state index is 13.0. The molecule has 0 saturated carbocycles. The molecular weight excluding hydrogens is 476 g/mol. The summed E-state index contributed by atoms with van der Waals surface area (Å²) in [5, 5.41) is 14.4. The number of unbranched alkanes of at least 4 members (excludes halogenated alkanes) is 1. The molecule has 0 bridgehead atoms. The molecule has 1 amide bonds. The van der Waals surface area contributed by atoms with Crippen LogP contribution in [-0.2, 0) is 9.53 Å². The van der Waals surface area contributed by atoms with Crippen LogP contribution in [0.1, 0.15) is 42.6 Å². The maximum Gasteiger partial charge on any atom is 0.341 e. The van der Waals surface area contributed by atoms with Crippen molar-refractivity contribution in [3.05, 3.63) is 70.6 Å². The Hall–Kier alpha value is -4.09. The van der Waals surface area contributed by atoms with E-state index in [1.807, 2.05) is 18.2 Å². The highest BCUT2D eigenvalue weighted by Gasteiger charge is 2.24. The highest BCUT2D eigenvalue weighted by atomic mass is 32.1. The van der Waals surface area contributed by atoms with Crippen molar-refractivity contribution in [1.29, 1.82) is 5.26 Å². The van der Waals surface area contributed by atoms with Gasteiger partial charge in [-0.05, 0) is 54.8 Å². The average Bonchev–Trinajstić information content (AvgIpc) is 3.31. The molecule has 8 heteroatoms. The van der Waals surface area contributed by atoms with Gasteiger partial charge in [-0.25, -0.2) is 4.79 Å². The number of amides is 1. The molecule has 1 N–H and O–H groups in total. The number of nitrogens with one attached hydrogen (secondary N) is 1. The largest absolute Gasteiger partial charge is 0.497 e. The predicted octanol–water partition coefficient (Wildman–Crippen LogP) is 6.32. The number of benzene rings is 2. The number of nitriles is 1. The lowest BCUT2D eigenvalue weighted by Crippen LogP contribution is -2.16. The number of carbonyl (C=O) groups is 2. The number of ether oxygens (including phenoxy) is 3. The van der Waals surface area contributed by atoms with Crippen molar-refractivity contribution in [3.8, 4) is 28.7 Å². The number of thiophene rings is 1. The molecule has 0 aliphatic heterocycles. The summed E-state index contributed by atoms with van der Waals surface area (Å²) in [6.07, 6.45) is 3.51. The lowest BCUT2D eigenvalue weighted by Gasteiger charge is -2.09. The fraction of sp³-hybridized carbons (Fsp3) is 0.250. The molecule has 0 unspecified atom stereocenters. The summed E-state index contributed by atoms with van der Waals surface area (Å²) in [5.41, 5.74) is 2.22. The van der Waals surface area contributed by atoms with Crippen molar-refractivity contribution < 1.29 is 23.8 Å². The zero-order valence-electron chi connectivity index (χ0n) is 20.5. The minimum atomic E-state index is -0.616. The molecule has 0 saturated heterocycles. The molecule has 186 valence electrons. The van der Waals surface area contributed by atoms with E-state index >= 15 is 0 Å². The number of rotatable bonds is 11. The Morgan fingerprint density at radius 2 is 1.75 bits per heavy atom. The number of anilines is 1. The molecule has 1 aromatic heterocycles. The summed E-state index contributed by atoms with van der Waals surface area (Å²) in [5.74, 6) is 0.243. The summed E-state index contributed by atoms with van der Waals surface area (Å²) >= 11 is 1.19. The van der Waals surface area contributed by atoms with Gasteiger partial charge >= 0.3 is 5.97 Å². The van der Waals surface area contributed by atoms with E-state index in [4.69, 9.17) is 14.2 Å². The number of methoxy groups -OCH3 is 1. The number of hydrogen-bond donors (Lipinski definition) is 1. The second kappa shape index (κ2) is 13.1. The Morgan fingerprint density at radius 3 is 2.36 bits per heavy atom. The number of nitrogens with zero attached hydrogens (tertiary/aromatic N) is 1. The van der Waals surface area contributed by atoms with Gasteiger partial charge in [0, 0.05) is 10.9 Å². The van der Waals surface area contributed by atoms with E-state index in [2.05, 4.69) is 12.2 Å². The minimum absolute atomic E-state index is 0.0937. The van der Waals surface area contributed by atoms with Gasteiger partial charge in [-0.1, -0.05) is 37.6 Å². The lowest BCUT2D eigenvalue weighted by molar-refractivity contribution is -0.112. The summed E-state index contributed by atoms with van der Waals surface area (Å²) in [4.78, 5) is 25.8. The van der Waals surface area contributed by atoms with Gasteiger partial charge < -0.3 is 19.5 Å². The molecule has 7 nitrogen and oxygen atoms in total. The van der Waals surface area contributed by atoms with E-state index in [-0.39, 0.29) is 17.7 Å². The molecular formula is C28H28N2O5S. The third kappa shape index (κ3) is 6.74. The van der Waals surface area contributed by atoms with Crippen LogP contribution in [0.4, 0.5) is 5.00 Å². The SMILES string of the molecule is CCCCOc1ccc(/C=C(\C#N)C(=O)Nc2scc(-c3ccc(OC)cc3)c2C(=O)OCC)cc1. The first-order valence-corrected chi connectivity index (χ1v) is 12.5. The van der Waals surface area contributed by atoms with Crippen LogP contribution in [0.15, 0.2) is 59.5 Å². The van der Waals surface area contributed by atoms with Crippen LogP contribution in [-0.4, -0.2) is 32.2 Å². The first-order valence-electron chi connectivity index (χ1n) is 11.6. The molecule has 0 spiro atoms. The molecule has 3 rings (SSSR count). The van der Waals surface area contributed by atoms with Crippen LogP contribution in [0.3, 0.4) is 0 Å². The molecule has 0 fully saturated rings. The van der Waals surface area contributed by atoms with Crippen molar-refractivity contribution in [3.63, 3.8) is 0 Å². The van der Waals surface area contributed by atoms with Gasteiger partial charge in [0.1, 0.15) is 33.7 Å². The van der Waals surface area contributed by atoms with Crippen LogP contribution < -0.4 is 14.8 Å². The normalized spacial score (nSPS) is 10.9. The fourth-order valence-electron chi connectivity index (χ4n) is 3.32. The first kappa shape index (κ1) is 26.5. The van der Waals surface area contributed by atoms with Gasteiger partial charge in [-0.2, -0.15) is 5.26 Å². The number of esters is 1. The Labute approximate surface area is 214 Å². The first-order chi connectivity index (χ1) is 17.5. The van der Waals surface area contributed by atoms with Crippen molar-refractivity contribution in [1.82, 2.24) is 0 Å². The zero-order valence-corrected chi connectivity index (χ0v) is 21.3. The van der Waals surface area contributed by atoms with Gasteiger partial charge in [0.15, 0.2) is 0 Å². The van der Waals surface area contributed by atoms with Crippen molar-refractivity contribution in [2.45, 2.75) is 26.7 Å². The standard InChI is InChI=1S/C28H28N2O5S/c1-4-6-15-35-23-11-7-19(8-12-23)16-21(17-29)26(31)30-27-25(28(32)34-5-2)24(18-36-27)20-9-13-22(33-3)14-10-20/h7-14,16,18H,4-6,15H2,1-3H3,(H,30,31)/b21-16+. The van der Waals surface area contributed by atoms with E-state index in [1.54, 1.807) is 55.8 Å². The molecule has 0 aliphatic rings. The highest BCUT2D eigenvalue weighted by molar-refractivity contribution is 7.15. The van der Waals surface area contributed by atoms with E-state index in [0.717, 1.165) is 24.2 Å². The summed E-state index contributed by atoms with van der Waals surface area (Å²) in [7, 11) is 1.58. The molecule has 3 aromatic rings. The third-order valence-corrected chi connectivity index (χ3v) is 6.12. The summed E-state index contributed by atoms with van der Waals surface area (Å²) < 4.78 is 16.1. The minimum Gasteiger partial charge on any atom is -0.497 e. The van der Waals surface area contributed by atoms with Crippen LogP contribution in [0.2, 0.25) is 0 Å². The van der Waals surface area contributed by atoms with Gasteiger partial charge in [0.05, 0.1) is 20.3 Å². The zero-order chi connectivity index (χ0) is 25.9. The maximum atomic E-state index is 13.0. The van der Waals surface area contributed by atoms with E-state index < -0.39 is 11.9 Å². The van der Waals surface area contributed by atoms with Gasteiger partial charge in [-0.3, -0.25) is 4.79 Å². The summed E-state index contributed by atoms with van der Waals surface area (Å²) in [6.45, 7) is 4.63. The van der Waals surface area contributed by atoms with E-state index in [9.17, 15) is 14.9 Å². The van der Waals surface area contributed by atoms with Gasteiger partial charge in [-0.15, -0.1) is 11.3 Å². The molecule has 0 atom stereocenters. The Kier molecular flexibility index (Phi) is 9.66. The van der Waals surface area contributed by atoms with Crippen molar-refractivity contribution in [2.75, 3.05) is 25.6 Å². The smallest absolute Gasteiger partial charge is 0.341 e. The van der Waals surface area contributed by atoms with E-state index in [0.29, 0.717) is 28.5 Å². The predicted molar refractivity (Wildman–Crippen MR) is 141 cm³/mol. The van der Waals surface area contributed by atoms with Crippen LogP contribution in [0.5, 0.6) is 11.5 Å². The van der Waals surface area contributed by atoms with Crippen molar-refractivity contribution >= 4 is 34.3 Å². The van der Waals surface area contributed by atoms with Crippen LogP contribution in [0, 0.1) is 11.3 Å². The number of carbonyl (C=O) groups excluding carboxylic acids is 2. The Balaban J connectivity index is 1.84. The Morgan fingerprint density at radius 1 is 1.06 bits per heavy atom. The average molecular weight is 505 g/mol. The number of hydrogen-bond acceptors (Lipinski definition) is 7. The monoisotopic (exact) mass is 504 g/mol. The molecule has 0 radical (unpaired) electrons.